The van der Waals surface area contributed by atoms with E-state index in [1.807, 2.05) is 0 Å². The minimum Gasteiger partial charge on any atom is -0.381 e. The van der Waals surface area contributed by atoms with Crippen molar-refractivity contribution in [2.24, 2.45) is 5.73 Å². The average Bonchev–Trinajstić information content (AvgIpc) is 2.99. The highest BCUT2D eigenvalue weighted by Gasteiger charge is 2.26. The second kappa shape index (κ2) is 6.80. The number of hydrogen-bond donors (Lipinski definition) is 2. The van der Waals surface area contributed by atoms with Crippen LogP contribution >= 0.6 is 0 Å². The van der Waals surface area contributed by atoms with Gasteiger partial charge in [0.2, 0.25) is 5.91 Å². The molecule has 4 heteroatoms. The van der Waals surface area contributed by atoms with Crippen molar-refractivity contribution in [3.8, 4) is 0 Å². The number of nitrogens with two attached hydrogens (primary N) is 1. The summed E-state index contributed by atoms with van der Waals surface area (Å²) in [4.78, 5) is 11.1. The van der Waals surface area contributed by atoms with E-state index in [2.05, 4.69) is 12.2 Å². The number of rotatable bonds is 9. The minimum absolute atomic E-state index is 0.209. The lowest BCUT2D eigenvalue weighted by Gasteiger charge is -2.14. The number of carbonyl (C=O) groups is 1. The molecular weight excluding hydrogens is 192 g/mol. The van der Waals surface area contributed by atoms with Crippen molar-refractivity contribution >= 4 is 5.91 Å². The molecular formula is C11H22N2O2. The maximum absolute atomic E-state index is 11.1. The van der Waals surface area contributed by atoms with Crippen molar-refractivity contribution in [1.29, 1.82) is 0 Å². The van der Waals surface area contributed by atoms with Crippen LogP contribution in [0.5, 0.6) is 0 Å². The molecule has 1 atom stereocenters. The largest absolute Gasteiger partial charge is 0.381 e. The van der Waals surface area contributed by atoms with Gasteiger partial charge < -0.3 is 15.8 Å². The summed E-state index contributed by atoms with van der Waals surface area (Å²) in [5.41, 5.74) is 5.30. The number of carbonyl (C=O) groups excluding carboxylic acids is 1. The van der Waals surface area contributed by atoms with Crippen molar-refractivity contribution in [3.63, 3.8) is 0 Å². The molecule has 88 valence electrons. The van der Waals surface area contributed by atoms with Crippen LogP contribution in [0.15, 0.2) is 0 Å². The standard InChI is InChI=1S/C11H22N2O2/c1-2-3-7-15-8-6-10(11(12)14)13-9-4-5-9/h9-10,13H,2-8H2,1H3,(H2,12,14). The molecule has 0 bridgehead atoms. The highest BCUT2D eigenvalue weighted by Crippen LogP contribution is 2.19. The molecule has 4 nitrogen and oxygen atoms in total. The summed E-state index contributed by atoms with van der Waals surface area (Å²) in [5, 5.41) is 3.23. The van der Waals surface area contributed by atoms with Gasteiger partial charge in [0.05, 0.1) is 6.04 Å². The number of ether oxygens (including phenoxy) is 1. The van der Waals surface area contributed by atoms with Crippen LogP contribution in [0, 0.1) is 0 Å². The Bertz CT molecular complexity index is 193. The number of nitrogens with one attached hydrogen (secondary N) is 1. The molecule has 0 heterocycles. The Morgan fingerprint density at radius 2 is 2.27 bits per heavy atom. The van der Waals surface area contributed by atoms with Crippen LogP contribution in [-0.2, 0) is 9.53 Å². The van der Waals surface area contributed by atoms with Crippen molar-refractivity contribution < 1.29 is 9.53 Å². The lowest BCUT2D eigenvalue weighted by atomic mass is 10.2. The summed E-state index contributed by atoms with van der Waals surface area (Å²) in [7, 11) is 0. The Morgan fingerprint density at radius 1 is 1.53 bits per heavy atom. The first-order chi connectivity index (χ1) is 7.24. The van der Waals surface area contributed by atoms with E-state index in [1.165, 1.54) is 12.8 Å². The Balaban J connectivity index is 2.05. The number of unbranched alkanes of at least 4 members (excludes halogenated alkanes) is 1. The maximum Gasteiger partial charge on any atom is 0.234 e. The van der Waals surface area contributed by atoms with Gasteiger partial charge in [0.15, 0.2) is 0 Å². The molecule has 1 amide bonds. The second-order valence-electron chi connectivity index (χ2n) is 4.15. The molecule has 0 aliphatic heterocycles. The normalized spacial score (nSPS) is 17.7. The fraction of sp³-hybridized carbons (Fsp3) is 0.909. The molecule has 1 unspecified atom stereocenters. The third-order valence-electron chi connectivity index (χ3n) is 2.55. The number of primary amides is 1. The third-order valence-corrected chi connectivity index (χ3v) is 2.55. The van der Waals surface area contributed by atoms with E-state index in [-0.39, 0.29) is 11.9 Å². The van der Waals surface area contributed by atoms with Crippen LogP contribution in [0.2, 0.25) is 0 Å². The second-order valence-corrected chi connectivity index (χ2v) is 4.15. The fourth-order valence-corrected chi connectivity index (χ4v) is 1.39. The molecule has 0 radical (unpaired) electrons. The summed E-state index contributed by atoms with van der Waals surface area (Å²) < 4.78 is 5.41. The summed E-state index contributed by atoms with van der Waals surface area (Å²) in [6.45, 7) is 3.53. The maximum atomic E-state index is 11.1. The molecule has 3 N–H and O–H groups in total. The summed E-state index contributed by atoms with van der Waals surface area (Å²) >= 11 is 0. The molecule has 1 rings (SSSR count). The van der Waals surface area contributed by atoms with Crippen LogP contribution in [0.3, 0.4) is 0 Å². The molecule has 1 aliphatic carbocycles. The Kier molecular flexibility index (Phi) is 5.65. The average molecular weight is 214 g/mol. The molecule has 0 spiro atoms. The topological polar surface area (TPSA) is 64.3 Å². The van der Waals surface area contributed by atoms with E-state index in [1.54, 1.807) is 0 Å². The summed E-state index contributed by atoms with van der Waals surface area (Å²) in [6.07, 6.45) is 5.24. The zero-order valence-corrected chi connectivity index (χ0v) is 9.50. The highest BCUT2D eigenvalue weighted by molar-refractivity contribution is 5.79. The quantitative estimate of drug-likeness (QED) is 0.558. The molecule has 1 saturated carbocycles. The minimum atomic E-state index is -0.263. The van der Waals surface area contributed by atoms with Crippen LogP contribution in [-0.4, -0.2) is 31.2 Å². The van der Waals surface area contributed by atoms with E-state index in [0.717, 1.165) is 19.4 Å². The first-order valence-corrected chi connectivity index (χ1v) is 5.87. The predicted octanol–water partition coefficient (Wildman–Crippen LogP) is 0.799. The molecule has 0 aromatic heterocycles. The van der Waals surface area contributed by atoms with Gasteiger partial charge in [-0.05, 0) is 25.7 Å². The SMILES string of the molecule is CCCCOCCC(NC1CC1)C(N)=O. The van der Waals surface area contributed by atoms with Gasteiger partial charge in [0, 0.05) is 19.3 Å². The molecule has 1 aliphatic rings. The van der Waals surface area contributed by atoms with Crippen LogP contribution in [0.25, 0.3) is 0 Å². The first-order valence-electron chi connectivity index (χ1n) is 5.87. The monoisotopic (exact) mass is 214 g/mol. The van der Waals surface area contributed by atoms with E-state index >= 15 is 0 Å². The van der Waals surface area contributed by atoms with Gasteiger partial charge >= 0.3 is 0 Å². The molecule has 1 fully saturated rings. The first kappa shape index (κ1) is 12.5. The van der Waals surface area contributed by atoms with E-state index in [9.17, 15) is 4.79 Å². The van der Waals surface area contributed by atoms with Crippen molar-refractivity contribution in [3.05, 3.63) is 0 Å². The highest BCUT2D eigenvalue weighted by atomic mass is 16.5. The van der Waals surface area contributed by atoms with Crippen LogP contribution in [0.1, 0.15) is 39.0 Å². The van der Waals surface area contributed by atoms with E-state index in [0.29, 0.717) is 19.1 Å². The van der Waals surface area contributed by atoms with Gasteiger partial charge in [0.1, 0.15) is 0 Å². The number of hydrogen-bond acceptors (Lipinski definition) is 3. The fourth-order valence-electron chi connectivity index (χ4n) is 1.39. The van der Waals surface area contributed by atoms with Crippen LogP contribution in [0.4, 0.5) is 0 Å². The molecule has 0 aromatic carbocycles. The molecule has 0 saturated heterocycles. The van der Waals surface area contributed by atoms with Gasteiger partial charge in [-0.3, -0.25) is 4.79 Å². The third kappa shape index (κ3) is 5.74. The summed E-state index contributed by atoms with van der Waals surface area (Å²) in [6, 6.07) is 0.303. The number of amides is 1. The Labute approximate surface area is 91.5 Å². The van der Waals surface area contributed by atoms with Crippen LogP contribution < -0.4 is 11.1 Å². The predicted molar refractivity (Wildman–Crippen MR) is 59.5 cm³/mol. The van der Waals surface area contributed by atoms with Crippen molar-refractivity contribution in [1.82, 2.24) is 5.32 Å². The van der Waals surface area contributed by atoms with Crippen molar-refractivity contribution in [2.45, 2.75) is 51.1 Å². The van der Waals surface area contributed by atoms with Gasteiger partial charge in [-0.15, -0.1) is 0 Å². The molecule has 0 aromatic rings. The Morgan fingerprint density at radius 3 is 2.80 bits per heavy atom. The van der Waals surface area contributed by atoms with Gasteiger partial charge in [0.25, 0.3) is 0 Å². The van der Waals surface area contributed by atoms with E-state index in [4.69, 9.17) is 10.5 Å². The zero-order valence-electron chi connectivity index (χ0n) is 9.50. The lowest BCUT2D eigenvalue weighted by molar-refractivity contribution is -0.120. The lowest BCUT2D eigenvalue weighted by Crippen LogP contribution is -2.43. The Hall–Kier alpha value is -0.610. The smallest absolute Gasteiger partial charge is 0.234 e. The van der Waals surface area contributed by atoms with Gasteiger partial charge in [-0.25, -0.2) is 0 Å². The van der Waals surface area contributed by atoms with Gasteiger partial charge in [-0.2, -0.15) is 0 Å². The van der Waals surface area contributed by atoms with E-state index < -0.39 is 0 Å². The molecule has 15 heavy (non-hydrogen) atoms. The zero-order chi connectivity index (χ0) is 11.1. The summed E-state index contributed by atoms with van der Waals surface area (Å²) in [5.74, 6) is -0.263. The van der Waals surface area contributed by atoms with Gasteiger partial charge in [-0.1, -0.05) is 13.3 Å². The van der Waals surface area contributed by atoms with Crippen molar-refractivity contribution in [2.75, 3.05) is 13.2 Å².